The molecule has 0 spiro atoms. The van der Waals surface area contributed by atoms with Gasteiger partial charge in [0.15, 0.2) is 11.5 Å². The van der Waals surface area contributed by atoms with Gasteiger partial charge in [-0.2, -0.15) is 5.26 Å². The summed E-state index contributed by atoms with van der Waals surface area (Å²) in [6, 6.07) is 9.73. The van der Waals surface area contributed by atoms with Gasteiger partial charge >= 0.3 is 0 Å². The van der Waals surface area contributed by atoms with Gasteiger partial charge in [0.25, 0.3) is 5.91 Å². The molecule has 1 aliphatic heterocycles. The second kappa shape index (κ2) is 7.40. The van der Waals surface area contributed by atoms with Crippen molar-refractivity contribution in [3.63, 3.8) is 0 Å². The average Bonchev–Trinajstić information content (AvgIpc) is 2.67. The first-order valence-electron chi connectivity index (χ1n) is 8.55. The molecule has 1 aromatic carbocycles. The van der Waals surface area contributed by atoms with Crippen LogP contribution in [0.2, 0.25) is 0 Å². The van der Waals surface area contributed by atoms with Gasteiger partial charge in [0, 0.05) is 63.4 Å². The lowest BCUT2D eigenvalue weighted by molar-refractivity contribution is 0.0673. The average molecular weight is 350 g/mol. The van der Waals surface area contributed by atoms with Crippen molar-refractivity contribution in [3.05, 3.63) is 47.9 Å². The first-order chi connectivity index (χ1) is 12.5. The van der Waals surface area contributed by atoms with Crippen molar-refractivity contribution in [2.24, 2.45) is 0 Å². The maximum Gasteiger partial charge on any atom is 0.254 e. The van der Waals surface area contributed by atoms with Crippen LogP contribution in [0, 0.1) is 11.3 Å². The molecule has 0 saturated carbocycles. The Morgan fingerprint density at radius 3 is 2.50 bits per heavy atom. The second-order valence-electron chi connectivity index (χ2n) is 6.58. The second-order valence-corrected chi connectivity index (χ2v) is 6.58. The SMILES string of the molecule is CC1CN(c2nccnc2C#N)CCN1C(=O)c1ccc(N(C)C)cc1. The van der Waals surface area contributed by atoms with Crippen LogP contribution >= 0.6 is 0 Å². The molecule has 1 atom stereocenters. The van der Waals surface area contributed by atoms with E-state index in [1.165, 1.54) is 6.20 Å². The molecule has 26 heavy (non-hydrogen) atoms. The smallest absolute Gasteiger partial charge is 0.254 e. The minimum atomic E-state index is 0.0123. The summed E-state index contributed by atoms with van der Waals surface area (Å²) in [5.41, 5.74) is 2.07. The summed E-state index contributed by atoms with van der Waals surface area (Å²) < 4.78 is 0. The molecule has 1 fully saturated rings. The van der Waals surface area contributed by atoms with Crippen LogP contribution in [0.3, 0.4) is 0 Å². The van der Waals surface area contributed by atoms with Crippen LogP contribution in [0.4, 0.5) is 11.5 Å². The predicted octanol–water partition coefficient (Wildman–Crippen LogP) is 1.77. The first-order valence-corrected chi connectivity index (χ1v) is 8.55. The predicted molar refractivity (Wildman–Crippen MR) is 100 cm³/mol. The maximum atomic E-state index is 12.9. The number of aromatic nitrogens is 2. The molecule has 1 aromatic heterocycles. The molecular formula is C19H22N6O. The summed E-state index contributed by atoms with van der Waals surface area (Å²) in [6.45, 7) is 3.84. The van der Waals surface area contributed by atoms with Gasteiger partial charge in [0.1, 0.15) is 6.07 Å². The van der Waals surface area contributed by atoms with Crippen LogP contribution in [0.1, 0.15) is 23.0 Å². The van der Waals surface area contributed by atoms with Gasteiger partial charge in [0.2, 0.25) is 0 Å². The maximum absolute atomic E-state index is 12.9. The Bertz CT molecular complexity index is 827. The number of hydrogen-bond acceptors (Lipinski definition) is 6. The molecule has 7 nitrogen and oxygen atoms in total. The Kier molecular flexibility index (Phi) is 5.03. The summed E-state index contributed by atoms with van der Waals surface area (Å²) in [5.74, 6) is 0.617. The molecule has 0 aliphatic carbocycles. The van der Waals surface area contributed by atoms with E-state index in [1.54, 1.807) is 6.20 Å². The third-order valence-corrected chi connectivity index (χ3v) is 4.60. The van der Waals surface area contributed by atoms with Crippen molar-refractivity contribution >= 4 is 17.4 Å². The van der Waals surface area contributed by atoms with Crippen LogP contribution in [0.25, 0.3) is 0 Å². The van der Waals surface area contributed by atoms with E-state index in [0.29, 0.717) is 36.7 Å². The Balaban J connectivity index is 1.72. The number of carbonyl (C=O) groups is 1. The molecule has 3 rings (SSSR count). The van der Waals surface area contributed by atoms with Crippen molar-refractivity contribution in [3.8, 4) is 6.07 Å². The molecular weight excluding hydrogens is 328 g/mol. The zero-order chi connectivity index (χ0) is 18.7. The van der Waals surface area contributed by atoms with E-state index in [4.69, 9.17) is 0 Å². The number of nitriles is 1. The van der Waals surface area contributed by atoms with Crippen molar-refractivity contribution < 1.29 is 4.79 Å². The monoisotopic (exact) mass is 350 g/mol. The number of nitrogens with zero attached hydrogens (tertiary/aromatic N) is 6. The number of hydrogen-bond donors (Lipinski definition) is 0. The van der Waals surface area contributed by atoms with E-state index in [0.717, 1.165) is 5.69 Å². The lowest BCUT2D eigenvalue weighted by atomic mass is 10.1. The molecule has 0 radical (unpaired) electrons. The largest absolute Gasteiger partial charge is 0.378 e. The highest BCUT2D eigenvalue weighted by molar-refractivity contribution is 5.95. The molecule has 7 heteroatoms. The minimum Gasteiger partial charge on any atom is -0.378 e. The standard InChI is InChI=1S/C19H22N6O/c1-14-13-24(18-17(12-20)21-8-9-22-18)10-11-25(14)19(26)15-4-6-16(7-5-15)23(2)3/h4-9,14H,10-11,13H2,1-3H3. The highest BCUT2D eigenvalue weighted by atomic mass is 16.2. The number of anilines is 2. The van der Waals surface area contributed by atoms with E-state index in [9.17, 15) is 10.1 Å². The third kappa shape index (κ3) is 3.45. The fourth-order valence-electron chi connectivity index (χ4n) is 3.16. The molecule has 0 bridgehead atoms. The molecule has 134 valence electrons. The van der Waals surface area contributed by atoms with Crippen LogP contribution in [0.15, 0.2) is 36.7 Å². The van der Waals surface area contributed by atoms with Crippen LogP contribution in [-0.4, -0.2) is 60.5 Å². The van der Waals surface area contributed by atoms with Crippen molar-refractivity contribution in [2.75, 3.05) is 43.5 Å². The lowest BCUT2D eigenvalue weighted by Gasteiger charge is -2.40. The molecule has 0 N–H and O–H groups in total. The molecule has 1 aliphatic rings. The Morgan fingerprint density at radius 2 is 1.88 bits per heavy atom. The summed E-state index contributed by atoms with van der Waals surface area (Å²) in [7, 11) is 3.94. The van der Waals surface area contributed by atoms with Gasteiger partial charge in [0.05, 0.1) is 0 Å². The van der Waals surface area contributed by atoms with Crippen LogP contribution in [-0.2, 0) is 0 Å². The van der Waals surface area contributed by atoms with Gasteiger partial charge in [-0.3, -0.25) is 4.79 Å². The lowest BCUT2D eigenvalue weighted by Crippen LogP contribution is -2.54. The topological polar surface area (TPSA) is 76.4 Å². The summed E-state index contributed by atoms with van der Waals surface area (Å²) in [5, 5.41) is 9.22. The van der Waals surface area contributed by atoms with E-state index < -0.39 is 0 Å². The van der Waals surface area contributed by atoms with Gasteiger partial charge in [-0.25, -0.2) is 9.97 Å². The van der Waals surface area contributed by atoms with Gasteiger partial charge < -0.3 is 14.7 Å². The molecule has 1 saturated heterocycles. The molecule has 2 aromatic rings. The van der Waals surface area contributed by atoms with Gasteiger partial charge in [-0.15, -0.1) is 0 Å². The fraction of sp³-hybridized carbons (Fsp3) is 0.368. The van der Waals surface area contributed by atoms with Gasteiger partial charge in [-0.1, -0.05) is 0 Å². The van der Waals surface area contributed by atoms with Crippen molar-refractivity contribution in [1.82, 2.24) is 14.9 Å². The highest BCUT2D eigenvalue weighted by Gasteiger charge is 2.29. The third-order valence-electron chi connectivity index (χ3n) is 4.60. The zero-order valence-electron chi connectivity index (χ0n) is 15.3. The highest BCUT2D eigenvalue weighted by Crippen LogP contribution is 2.21. The molecule has 2 heterocycles. The Labute approximate surface area is 153 Å². The van der Waals surface area contributed by atoms with E-state index >= 15 is 0 Å². The van der Waals surface area contributed by atoms with E-state index in [1.807, 2.05) is 60.0 Å². The number of piperazine rings is 1. The Hall–Kier alpha value is -3.14. The summed E-state index contributed by atoms with van der Waals surface area (Å²) in [6.07, 6.45) is 3.10. The zero-order valence-corrected chi connectivity index (χ0v) is 15.3. The Morgan fingerprint density at radius 1 is 1.19 bits per heavy atom. The minimum absolute atomic E-state index is 0.0123. The van der Waals surface area contributed by atoms with Crippen molar-refractivity contribution in [1.29, 1.82) is 5.26 Å². The molecule has 1 unspecified atom stereocenters. The fourth-order valence-corrected chi connectivity index (χ4v) is 3.16. The summed E-state index contributed by atoms with van der Waals surface area (Å²) >= 11 is 0. The summed E-state index contributed by atoms with van der Waals surface area (Å²) in [4.78, 5) is 27.1. The number of benzene rings is 1. The quantitative estimate of drug-likeness (QED) is 0.840. The number of carbonyl (C=O) groups excluding carboxylic acids is 1. The van der Waals surface area contributed by atoms with E-state index in [2.05, 4.69) is 16.0 Å². The number of rotatable bonds is 3. The van der Waals surface area contributed by atoms with Crippen LogP contribution in [0.5, 0.6) is 0 Å². The van der Waals surface area contributed by atoms with Crippen LogP contribution < -0.4 is 9.80 Å². The van der Waals surface area contributed by atoms with E-state index in [-0.39, 0.29) is 11.9 Å². The van der Waals surface area contributed by atoms with Gasteiger partial charge in [-0.05, 0) is 31.2 Å². The first kappa shape index (κ1) is 17.7. The normalized spacial score (nSPS) is 16.9. The number of amides is 1. The molecule has 1 amide bonds. The van der Waals surface area contributed by atoms with Crippen molar-refractivity contribution in [2.45, 2.75) is 13.0 Å².